The van der Waals surface area contributed by atoms with Gasteiger partial charge in [0.25, 0.3) is 0 Å². The normalized spacial score (nSPS) is 13.1. The molecule has 0 fully saturated rings. The summed E-state index contributed by atoms with van der Waals surface area (Å²) in [7, 11) is 0. The van der Waals surface area contributed by atoms with Crippen LogP contribution in [0.1, 0.15) is 33.6 Å². The molecule has 0 heterocycles. The lowest BCUT2D eigenvalue weighted by Gasteiger charge is -2.12. The Morgan fingerprint density at radius 2 is 1.79 bits per heavy atom. The lowest BCUT2D eigenvalue weighted by atomic mass is 10.2. The zero-order valence-corrected chi connectivity index (χ0v) is 9.84. The second kappa shape index (κ2) is 11.0. The molecule has 0 spiro atoms. The topological polar surface area (TPSA) is 30.5 Å². The lowest BCUT2D eigenvalue weighted by Crippen LogP contribution is -2.29. The molecule has 0 aliphatic heterocycles. The van der Waals surface area contributed by atoms with E-state index < -0.39 is 0 Å². The van der Waals surface area contributed by atoms with E-state index in [1.807, 2.05) is 6.92 Å². The molecule has 1 unspecified atom stereocenters. The third-order valence-corrected chi connectivity index (χ3v) is 2.04. The van der Waals surface area contributed by atoms with Gasteiger partial charge in [0.05, 0.1) is 19.8 Å². The zero-order valence-electron chi connectivity index (χ0n) is 9.84. The Labute approximate surface area is 88.2 Å². The molecule has 0 aromatic rings. The molecule has 0 radical (unpaired) electrons. The quantitative estimate of drug-likeness (QED) is 0.549. The number of ether oxygens (including phenoxy) is 2. The highest BCUT2D eigenvalue weighted by atomic mass is 16.5. The van der Waals surface area contributed by atoms with Crippen molar-refractivity contribution in [2.24, 2.45) is 0 Å². The average Bonchev–Trinajstić information content (AvgIpc) is 2.17. The van der Waals surface area contributed by atoms with Crippen molar-refractivity contribution >= 4 is 0 Å². The summed E-state index contributed by atoms with van der Waals surface area (Å²) in [5.74, 6) is 0. The summed E-state index contributed by atoms with van der Waals surface area (Å²) in [6.07, 6.45) is 2.47. The Bertz CT molecular complexity index is 109. The summed E-state index contributed by atoms with van der Waals surface area (Å²) in [4.78, 5) is 0. The van der Waals surface area contributed by atoms with Crippen LogP contribution >= 0.6 is 0 Å². The Morgan fingerprint density at radius 1 is 1.07 bits per heavy atom. The van der Waals surface area contributed by atoms with Crippen LogP contribution in [0.25, 0.3) is 0 Å². The fourth-order valence-corrected chi connectivity index (χ4v) is 1.28. The van der Waals surface area contributed by atoms with Crippen LogP contribution in [-0.2, 0) is 9.47 Å². The maximum absolute atomic E-state index is 5.38. The Hall–Kier alpha value is -0.120. The fraction of sp³-hybridized carbons (Fsp3) is 1.00. The molecule has 0 rings (SSSR count). The second-order valence-corrected chi connectivity index (χ2v) is 3.45. The van der Waals surface area contributed by atoms with E-state index in [1.54, 1.807) is 0 Å². The highest BCUT2D eigenvalue weighted by Crippen LogP contribution is 1.93. The second-order valence-electron chi connectivity index (χ2n) is 3.45. The van der Waals surface area contributed by atoms with Crippen LogP contribution in [0.5, 0.6) is 0 Å². The molecular weight excluding hydrogens is 178 g/mol. The standard InChI is InChI=1S/C11H25NO2/c1-4-6-11(3)12-7-8-14-10-9-13-5-2/h11-12H,4-10H2,1-3H3. The SMILES string of the molecule is CCCC(C)NCCOCCOCC. The van der Waals surface area contributed by atoms with Gasteiger partial charge in [-0.3, -0.25) is 0 Å². The molecule has 0 saturated heterocycles. The van der Waals surface area contributed by atoms with Crippen molar-refractivity contribution in [3.05, 3.63) is 0 Å². The molecule has 86 valence electrons. The predicted molar refractivity (Wildman–Crippen MR) is 59.7 cm³/mol. The van der Waals surface area contributed by atoms with Crippen LogP contribution in [0.15, 0.2) is 0 Å². The van der Waals surface area contributed by atoms with Gasteiger partial charge in [-0.1, -0.05) is 13.3 Å². The van der Waals surface area contributed by atoms with E-state index in [0.717, 1.165) is 19.8 Å². The maximum Gasteiger partial charge on any atom is 0.0701 e. The van der Waals surface area contributed by atoms with Crippen molar-refractivity contribution in [2.45, 2.75) is 39.7 Å². The minimum absolute atomic E-state index is 0.607. The molecule has 1 atom stereocenters. The maximum atomic E-state index is 5.38. The van der Waals surface area contributed by atoms with Crippen LogP contribution in [0.3, 0.4) is 0 Å². The third-order valence-electron chi connectivity index (χ3n) is 2.04. The largest absolute Gasteiger partial charge is 0.379 e. The number of hydrogen-bond acceptors (Lipinski definition) is 3. The first-order valence-electron chi connectivity index (χ1n) is 5.70. The molecule has 14 heavy (non-hydrogen) atoms. The summed E-state index contributed by atoms with van der Waals surface area (Å²) >= 11 is 0. The number of nitrogens with one attached hydrogen (secondary N) is 1. The minimum Gasteiger partial charge on any atom is -0.379 e. The van der Waals surface area contributed by atoms with E-state index >= 15 is 0 Å². The molecule has 3 heteroatoms. The monoisotopic (exact) mass is 203 g/mol. The van der Waals surface area contributed by atoms with E-state index in [-0.39, 0.29) is 0 Å². The number of rotatable bonds is 10. The summed E-state index contributed by atoms with van der Waals surface area (Å²) in [6, 6.07) is 0.607. The Balaban J connectivity index is 2.98. The van der Waals surface area contributed by atoms with Crippen molar-refractivity contribution in [3.8, 4) is 0 Å². The van der Waals surface area contributed by atoms with E-state index in [9.17, 15) is 0 Å². The zero-order chi connectivity index (χ0) is 10.6. The van der Waals surface area contributed by atoms with Gasteiger partial charge in [0.15, 0.2) is 0 Å². The summed E-state index contributed by atoms with van der Waals surface area (Å²) in [5, 5.41) is 3.41. The van der Waals surface area contributed by atoms with Crippen LogP contribution in [-0.4, -0.2) is 39.0 Å². The Morgan fingerprint density at radius 3 is 2.43 bits per heavy atom. The smallest absolute Gasteiger partial charge is 0.0701 e. The molecule has 0 aromatic carbocycles. The summed E-state index contributed by atoms with van der Waals surface area (Å²) in [6.45, 7) is 10.3. The van der Waals surface area contributed by atoms with Gasteiger partial charge >= 0.3 is 0 Å². The third kappa shape index (κ3) is 9.96. The van der Waals surface area contributed by atoms with Crippen LogP contribution < -0.4 is 5.32 Å². The molecule has 1 N–H and O–H groups in total. The van der Waals surface area contributed by atoms with E-state index in [4.69, 9.17) is 9.47 Å². The molecule has 0 bridgehead atoms. The summed E-state index contributed by atoms with van der Waals surface area (Å²) in [5.41, 5.74) is 0. The molecule has 0 amide bonds. The Kier molecular flexibility index (Phi) is 10.9. The van der Waals surface area contributed by atoms with Crippen molar-refractivity contribution < 1.29 is 9.47 Å². The van der Waals surface area contributed by atoms with Gasteiger partial charge in [0, 0.05) is 19.2 Å². The molecule has 0 saturated carbocycles. The van der Waals surface area contributed by atoms with Crippen molar-refractivity contribution in [2.75, 3.05) is 33.0 Å². The first-order chi connectivity index (χ1) is 6.81. The van der Waals surface area contributed by atoms with Crippen molar-refractivity contribution in [3.63, 3.8) is 0 Å². The van der Waals surface area contributed by atoms with Gasteiger partial charge in [-0.25, -0.2) is 0 Å². The van der Waals surface area contributed by atoms with Gasteiger partial charge in [-0.05, 0) is 20.3 Å². The van der Waals surface area contributed by atoms with Crippen LogP contribution in [0.2, 0.25) is 0 Å². The molecule has 0 aromatic heterocycles. The van der Waals surface area contributed by atoms with E-state index in [1.165, 1.54) is 12.8 Å². The fourth-order valence-electron chi connectivity index (χ4n) is 1.28. The van der Waals surface area contributed by atoms with E-state index in [0.29, 0.717) is 19.3 Å². The van der Waals surface area contributed by atoms with Crippen molar-refractivity contribution in [1.29, 1.82) is 0 Å². The van der Waals surface area contributed by atoms with E-state index in [2.05, 4.69) is 19.2 Å². The van der Waals surface area contributed by atoms with Crippen LogP contribution in [0.4, 0.5) is 0 Å². The van der Waals surface area contributed by atoms with Gasteiger partial charge in [-0.15, -0.1) is 0 Å². The minimum atomic E-state index is 0.607. The van der Waals surface area contributed by atoms with Gasteiger partial charge in [-0.2, -0.15) is 0 Å². The highest BCUT2D eigenvalue weighted by molar-refractivity contribution is 4.58. The van der Waals surface area contributed by atoms with Gasteiger partial charge in [0.1, 0.15) is 0 Å². The molecule has 3 nitrogen and oxygen atoms in total. The first-order valence-corrected chi connectivity index (χ1v) is 5.70. The molecular formula is C11H25NO2. The molecule has 0 aliphatic carbocycles. The highest BCUT2D eigenvalue weighted by Gasteiger charge is 1.97. The molecule has 0 aliphatic rings. The predicted octanol–water partition coefficient (Wildman–Crippen LogP) is 1.82. The van der Waals surface area contributed by atoms with Gasteiger partial charge < -0.3 is 14.8 Å². The van der Waals surface area contributed by atoms with Gasteiger partial charge in [0.2, 0.25) is 0 Å². The summed E-state index contributed by atoms with van der Waals surface area (Å²) < 4.78 is 10.5. The number of hydrogen-bond donors (Lipinski definition) is 1. The lowest BCUT2D eigenvalue weighted by molar-refractivity contribution is 0.0534. The van der Waals surface area contributed by atoms with Crippen LogP contribution in [0, 0.1) is 0 Å². The first kappa shape index (κ1) is 13.9. The van der Waals surface area contributed by atoms with Crippen molar-refractivity contribution in [1.82, 2.24) is 5.32 Å². The average molecular weight is 203 g/mol.